The largest absolute Gasteiger partial charge is 0.491 e. The molecule has 2 aliphatic heterocycles. The molecule has 13 nitrogen and oxygen atoms in total. The third-order valence-corrected chi connectivity index (χ3v) is 13.7. The Morgan fingerprint density at radius 3 is 2.57 bits per heavy atom. The molecule has 3 N–H and O–H groups in total. The lowest BCUT2D eigenvalue weighted by Gasteiger charge is -2.37. The third-order valence-electron chi connectivity index (χ3n) is 8.20. The fraction of sp³-hybridized carbons (Fsp3) is 0.556. The van der Waals surface area contributed by atoms with E-state index in [1.807, 2.05) is 0 Å². The highest BCUT2D eigenvalue weighted by Crippen LogP contribution is 2.46. The molecule has 3 heterocycles. The van der Waals surface area contributed by atoms with Crippen LogP contribution in [0.4, 0.5) is 4.79 Å². The minimum atomic E-state index is -3.77. The molecular formula is C27H33BrClN3O10S2. The molecule has 3 aliphatic rings. The highest BCUT2D eigenvalue weighted by Gasteiger charge is 2.54. The molecule has 1 amide bonds. The number of pyridine rings is 1. The highest BCUT2D eigenvalue weighted by molar-refractivity contribution is 9.10. The number of rotatable bonds is 11. The van der Waals surface area contributed by atoms with Gasteiger partial charge < -0.3 is 29.7 Å². The van der Waals surface area contributed by atoms with Crippen molar-refractivity contribution in [3.05, 3.63) is 46.2 Å². The number of amides is 1. The van der Waals surface area contributed by atoms with E-state index in [4.69, 9.17) is 25.8 Å². The van der Waals surface area contributed by atoms with Crippen LogP contribution in [0, 0.1) is 0 Å². The average Bonchev–Trinajstić information content (AvgIpc) is 3.74. The number of aliphatic hydroxyl groups excluding tert-OH is 2. The predicted molar refractivity (Wildman–Crippen MR) is 161 cm³/mol. The van der Waals surface area contributed by atoms with E-state index in [0.717, 1.165) is 0 Å². The normalized spacial score (nSPS) is 22.0. The van der Waals surface area contributed by atoms with E-state index in [0.29, 0.717) is 36.6 Å². The summed E-state index contributed by atoms with van der Waals surface area (Å²) in [5, 5.41) is 22.5. The van der Waals surface area contributed by atoms with Gasteiger partial charge in [0, 0.05) is 25.7 Å². The van der Waals surface area contributed by atoms with Crippen molar-refractivity contribution in [2.45, 2.75) is 64.5 Å². The van der Waals surface area contributed by atoms with Gasteiger partial charge in [0.25, 0.3) is 0 Å². The van der Waals surface area contributed by atoms with Gasteiger partial charge in [0.2, 0.25) is 10.0 Å². The van der Waals surface area contributed by atoms with Crippen molar-refractivity contribution < 1.29 is 46.1 Å². The monoisotopic (exact) mass is 737 g/mol. The summed E-state index contributed by atoms with van der Waals surface area (Å²) in [6, 6.07) is 7.28. The molecule has 242 valence electrons. The Labute approximate surface area is 268 Å². The van der Waals surface area contributed by atoms with Crippen molar-refractivity contribution in [1.29, 1.82) is 0 Å². The van der Waals surface area contributed by atoms with Crippen LogP contribution >= 0.6 is 27.5 Å². The van der Waals surface area contributed by atoms with Gasteiger partial charge in [-0.1, -0.05) is 17.7 Å². The number of aliphatic hydroxyl groups is 2. The second kappa shape index (κ2) is 13.0. The Morgan fingerprint density at radius 1 is 1.18 bits per heavy atom. The number of nitrogens with zero attached hydrogens (tertiary/aromatic N) is 2. The summed E-state index contributed by atoms with van der Waals surface area (Å²) in [5.41, 5.74) is -0.610. The number of alkyl carbamates (subject to hydrolysis) is 1. The minimum Gasteiger partial charge on any atom is -0.491 e. The van der Waals surface area contributed by atoms with Crippen LogP contribution in [-0.4, -0.2) is 104 Å². The second-order valence-electron chi connectivity index (χ2n) is 11.2. The van der Waals surface area contributed by atoms with Crippen LogP contribution in [0.1, 0.15) is 32.1 Å². The molecule has 17 heteroatoms. The fourth-order valence-electron chi connectivity index (χ4n) is 5.33. The van der Waals surface area contributed by atoms with Crippen LogP contribution in [0.25, 0.3) is 0 Å². The van der Waals surface area contributed by atoms with Gasteiger partial charge in [0.1, 0.15) is 34.6 Å². The summed E-state index contributed by atoms with van der Waals surface area (Å²) in [5.74, 6) is 0.228. The number of sulfonamides is 1. The number of sulfone groups is 1. The van der Waals surface area contributed by atoms with Gasteiger partial charge in [-0.2, -0.15) is 4.31 Å². The predicted octanol–water partition coefficient (Wildman–Crippen LogP) is 2.27. The molecule has 1 aromatic carbocycles. The van der Waals surface area contributed by atoms with Crippen molar-refractivity contribution in [3.8, 4) is 5.75 Å². The van der Waals surface area contributed by atoms with Gasteiger partial charge in [-0.3, -0.25) is 0 Å². The lowest BCUT2D eigenvalue weighted by atomic mass is 9.89. The lowest BCUT2D eigenvalue weighted by Crippen LogP contribution is -2.46. The van der Waals surface area contributed by atoms with E-state index >= 15 is 0 Å². The minimum absolute atomic E-state index is 0.0357. The first-order valence-corrected chi connectivity index (χ1v) is 18.0. The third kappa shape index (κ3) is 7.02. The standard InChI is InChI=1S/C27H33BrClN3O10S2/c28-23-11-22(14-30-24(23)29)44(38,39)32-8-6-26(7-9-32)12-20(16-41-26)42-25(35)31-13-18(34)15-40-19-2-1-3-21(10-19)43(36,37)27(17-33)4-5-27/h1-3,10-11,14,18,20,33-34H,4-9,12-13,15-17H2,(H,31,35)/t18?,20-/m1/s1. The van der Waals surface area contributed by atoms with E-state index in [9.17, 15) is 31.8 Å². The second-order valence-corrected chi connectivity index (χ2v) is 16.7. The zero-order valence-electron chi connectivity index (χ0n) is 23.5. The number of nitrogens with one attached hydrogen (secondary N) is 1. The van der Waals surface area contributed by atoms with Crippen molar-refractivity contribution in [2.75, 3.05) is 39.5 Å². The maximum absolute atomic E-state index is 13.1. The first kappa shape index (κ1) is 33.3. The first-order chi connectivity index (χ1) is 20.8. The molecule has 0 bridgehead atoms. The molecule has 0 radical (unpaired) electrons. The molecule has 5 rings (SSSR count). The molecule has 1 saturated carbocycles. The van der Waals surface area contributed by atoms with Gasteiger partial charge in [-0.25, -0.2) is 26.6 Å². The molecule has 1 aliphatic carbocycles. The number of carbonyl (C=O) groups excluding carboxylic acids is 1. The van der Waals surface area contributed by atoms with Gasteiger partial charge in [-0.15, -0.1) is 0 Å². The zero-order valence-corrected chi connectivity index (χ0v) is 27.5. The Hall–Kier alpha value is -2.05. The number of halogens is 2. The SMILES string of the molecule is O=C(NCC(O)COc1cccc(S(=O)(=O)C2(CO)CC2)c1)O[C@H]1COC2(CCN(S(=O)(=O)c3cnc(Cl)c(Br)c3)CC2)C1. The number of carbonyl (C=O) groups is 1. The molecule has 2 aromatic rings. The van der Waals surface area contributed by atoms with Gasteiger partial charge in [-0.05, 0) is 65.9 Å². The Bertz CT molecular complexity index is 1600. The van der Waals surface area contributed by atoms with Crippen LogP contribution < -0.4 is 10.1 Å². The molecule has 3 fully saturated rings. The summed E-state index contributed by atoms with van der Waals surface area (Å²) < 4.78 is 69.4. The summed E-state index contributed by atoms with van der Waals surface area (Å²) >= 11 is 9.09. The summed E-state index contributed by atoms with van der Waals surface area (Å²) in [4.78, 5) is 16.4. The molecule has 44 heavy (non-hydrogen) atoms. The maximum Gasteiger partial charge on any atom is 0.407 e. The number of piperidine rings is 1. The Morgan fingerprint density at radius 2 is 1.91 bits per heavy atom. The van der Waals surface area contributed by atoms with E-state index in [2.05, 4.69) is 26.2 Å². The summed E-state index contributed by atoms with van der Waals surface area (Å²) in [7, 11) is -7.49. The van der Waals surface area contributed by atoms with E-state index in [-0.39, 0.29) is 53.5 Å². The van der Waals surface area contributed by atoms with E-state index < -0.39 is 55.1 Å². The van der Waals surface area contributed by atoms with E-state index in [1.54, 1.807) is 6.07 Å². The van der Waals surface area contributed by atoms with Crippen LogP contribution in [0.15, 0.2) is 50.8 Å². The molecule has 1 aromatic heterocycles. The molecular weight excluding hydrogens is 706 g/mol. The average molecular weight is 739 g/mol. The molecule has 2 saturated heterocycles. The molecule has 2 atom stereocenters. The number of aromatic nitrogens is 1. The topological polar surface area (TPSA) is 182 Å². The smallest absolute Gasteiger partial charge is 0.407 e. The number of ether oxygens (including phenoxy) is 3. The van der Waals surface area contributed by atoms with Crippen LogP contribution in [0.5, 0.6) is 5.75 Å². The molecule has 1 spiro atoms. The summed E-state index contributed by atoms with van der Waals surface area (Å²) in [6.07, 6.45) is 0.882. The zero-order chi connectivity index (χ0) is 31.8. The number of hydrogen-bond donors (Lipinski definition) is 3. The van der Waals surface area contributed by atoms with Crippen molar-refractivity contribution in [3.63, 3.8) is 0 Å². The van der Waals surface area contributed by atoms with Crippen LogP contribution in [0.3, 0.4) is 0 Å². The summed E-state index contributed by atoms with van der Waals surface area (Å²) in [6.45, 7) is -0.218. The molecule has 1 unspecified atom stereocenters. The van der Waals surface area contributed by atoms with Crippen LogP contribution in [0.2, 0.25) is 5.15 Å². The fourth-order valence-corrected chi connectivity index (χ4v) is 9.19. The van der Waals surface area contributed by atoms with Crippen LogP contribution in [-0.2, 0) is 29.3 Å². The van der Waals surface area contributed by atoms with Crippen molar-refractivity contribution in [2.24, 2.45) is 0 Å². The van der Waals surface area contributed by atoms with Crippen molar-refractivity contribution >= 4 is 53.5 Å². The quantitative estimate of drug-likeness (QED) is 0.288. The maximum atomic E-state index is 13.1. The van der Waals surface area contributed by atoms with Gasteiger partial charge >= 0.3 is 6.09 Å². The lowest BCUT2D eigenvalue weighted by molar-refractivity contribution is -0.0325. The Balaban J connectivity index is 1.04. The number of benzene rings is 1. The van der Waals surface area contributed by atoms with Gasteiger partial charge in [0.05, 0.1) is 39.5 Å². The number of hydrogen-bond acceptors (Lipinski definition) is 11. The van der Waals surface area contributed by atoms with Crippen molar-refractivity contribution in [1.82, 2.24) is 14.6 Å². The first-order valence-electron chi connectivity index (χ1n) is 14.0. The Kier molecular flexibility index (Phi) is 9.83. The van der Waals surface area contributed by atoms with Gasteiger partial charge in [0.15, 0.2) is 9.84 Å². The highest BCUT2D eigenvalue weighted by atomic mass is 79.9. The van der Waals surface area contributed by atoms with E-state index in [1.165, 1.54) is 34.8 Å².